The van der Waals surface area contributed by atoms with Crippen LogP contribution < -0.4 is 5.32 Å². The van der Waals surface area contributed by atoms with Crippen LogP contribution in [0.1, 0.15) is 26.3 Å². The van der Waals surface area contributed by atoms with E-state index in [0.29, 0.717) is 6.61 Å². The second-order valence-electron chi connectivity index (χ2n) is 4.71. The minimum absolute atomic E-state index is 0.242. The smallest absolute Gasteiger partial charge is 0.407 e. The summed E-state index contributed by atoms with van der Waals surface area (Å²) in [6.45, 7) is 6.41. The summed E-state index contributed by atoms with van der Waals surface area (Å²) in [5, 5.41) is 2.88. The Bertz CT molecular complexity index is 365. The Morgan fingerprint density at radius 2 is 2.00 bits per heavy atom. The fourth-order valence-corrected chi connectivity index (χ4v) is 2.22. The van der Waals surface area contributed by atoms with E-state index < -0.39 is 0 Å². The summed E-state index contributed by atoms with van der Waals surface area (Å²) in [7, 11) is 0. The van der Waals surface area contributed by atoms with Gasteiger partial charge in [0.15, 0.2) is 0 Å². The van der Waals surface area contributed by atoms with E-state index in [1.807, 2.05) is 44.2 Å². The lowest BCUT2D eigenvalue weighted by Gasteiger charge is -2.25. The van der Waals surface area contributed by atoms with E-state index in [4.69, 9.17) is 4.74 Å². The van der Waals surface area contributed by atoms with Gasteiger partial charge in [-0.25, -0.2) is 4.79 Å². The van der Waals surface area contributed by atoms with Gasteiger partial charge in [-0.2, -0.15) is 11.8 Å². The van der Waals surface area contributed by atoms with E-state index in [1.165, 1.54) is 0 Å². The first-order chi connectivity index (χ1) is 8.53. The zero-order valence-corrected chi connectivity index (χ0v) is 12.0. The summed E-state index contributed by atoms with van der Waals surface area (Å²) in [4.78, 5) is 11.7. The van der Waals surface area contributed by atoms with Crippen molar-refractivity contribution in [2.45, 2.75) is 32.9 Å². The molecule has 1 rings (SSSR count). The number of rotatable bonds is 6. The molecule has 0 fully saturated rings. The molecule has 0 aromatic heterocycles. The van der Waals surface area contributed by atoms with Gasteiger partial charge in [0.05, 0.1) is 0 Å². The highest BCUT2D eigenvalue weighted by molar-refractivity contribution is 7.99. The quantitative estimate of drug-likeness (QED) is 0.858. The molecule has 0 saturated carbocycles. The van der Waals surface area contributed by atoms with E-state index in [-0.39, 0.29) is 11.6 Å². The van der Waals surface area contributed by atoms with Crippen LogP contribution in [0, 0.1) is 0 Å². The van der Waals surface area contributed by atoms with Gasteiger partial charge in [-0.05, 0) is 25.2 Å². The van der Waals surface area contributed by atoms with Crippen LogP contribution in [0.2, 0.25) is 0 Å². The number of nitrogens with one attached hydrogen (secondary N) is 1. The van der Waals surface area contributed by atoms with E-state index in [0.717, 1.165) is 17.1 Å². The molecule has 18 heavy (non-hydrogen) atoms. The van der Waals surface area contributed by atoms with E-state index in [2.05, 4.69) is 12.2 Å². The Labute approximate surface area is 113 Å². The molecule has 0 heterocycles. The number of thioether (sulfide) groups is 1. The van der Waals surface area contributed by atoms with E-state index in [1.54, 1.807) is 11.8 Å². The Kier molecular flexibility index (Phi) is 6.05. The van der Waals surface area contributed by atoms with Crippen LogP contribution in [0.5, 0.6) is 0 Å². The van der Waals surface area contributed by atoms with Crippen molar-refractivity contribution in [3.8, 4) is 0 Å². The zero-order valence-electron chi connectivity index (χ0n) is 11.2. The molecule has 1 amide bonds. The summed E-state index contributed by atoms with van der Waals surface area (Å²) in [6.07, 6.45) is -0.361. The number of alkyl carbamates (subject to hydrolysis) is 1. The first-order valence-corrected chi connectivity index (χ1v) is 7.25. The Morgan fingerprint density at radius 1 is 1.33 bits per heavy atom. The van der Waals surface area contributed by atoms with Crippen LogP contribution in [-0.2, 0) is 11.3 Å². The number of benzene rings is 1. The highest BCUT2D eigenvalue weighted by Gasteiger charge is 2.20. The van der Waals surface area contributed by atoms with Gasteiger partial charge in [0.25, 0.3) is 0 Å². The third-order valence-electron chi connectivity index (χ3n) is 2.32. The first-order valence-electron chi connectivity index (χ1n) is 6.10. The normalized spacial score (nSPS) is 11.1. The predicted molar refractivity (Wildman–Crippen MR) is 76.8 cm³/mol. The van der Waals surface area contributed by atoms with Crippen LogP contribution in [0.15, 0.2) is 30.3 Å². The summed E-state index contributed by atoms with van der Waals surface area (Å²) in [5.74, 6) is 1.92. The maximum Gasteiger partial charge on any atom is 0.407 e. The topological polar surface area (TPSA) is 38.3 Å². The van der Waals surface area contributed by atoms with Crippen LogP contribution in [0.3, 0.4) is 0 Å². The summed E-state index contributed by atoms with van der Waals surface area (Å²) in [5.41, 5.74) is 0.752. The molecule has 0 aliphatic heterocycles. The standard InChI is InChI=1S/C14H21NO2S/c1-4-18-11-14(2,3)15-13(16)17-10-12-8-6-5-7-9-12/h5-9H,4,10-11H2,1-3H3,(H,15,16). The Hall–Kier alpha value is -1.16. The van der Waals surface area contributed by atoms with Crippen molar-refractivity contribution in [3.63, 3.8) is 0 Å². The highest BCUT2D eigenvalue weighted by Crippen LogP contribution is 2.12. The van der Waals surface area contributed by atoms with Crippen molar-refractivity contribution in [2.24, 2.45) is 0 Å². The van der Waals surface area contributed by atoms with Crippen LogP contribution in [-0.4, -0.2) is 23.1 Å². The van der Waals surface area contributed by atoms with Gasteiger partial charge in [0, 0.05) is 11.3 Å². The highest BCUT2D eigenvalue weighted by atomic mass is 32.2. The summed E-state index contributed by atoms with van der Waals surface area (Å²) < 4.78 is 5.18. The zero-order chi connectivity index (χ0) is 13.4. The molecule has 1 aromatic rings. The second-order valence-corrected chi connectivity index (χ2v) is 5.98. The molecule has 0 atom stereocenters. The Balaban J connectivity index is 2.33. The number of hydrogen-bond acceptors (Lipinski definition) is 3. The van der Waals surface area contributed by atoms with E-state index >= 15 is 0 Å². The number of carbonyl (C=O) groups is 1. The van der Waals surface area contributed by atoms with Crippen LogP contribution in [0.25, 0.3) is 0 Å². The lowest BCUT2D eigenvalue weighted by atomic mass is 10.1. The number of hydrogen-bond donors (Lipinski definition) is 1. The maximum absolute atomic E-state index is 11.7. The molecule has 100 valence electrons. The molecule has 0 radical (unpaired) electrons. The van der Waals surface area contributed by atoms with Crippen molar-refractivity contribution in [3.05, 3.63) is 35.9 Å². The molecule has 4 heteroatoms. The molecule has 0 aliphatic carbocycles. The predicted octanol–water partition coefficient (Wildman–Crippen LogP) is 3.44. The molecule has 0 bridgehead atoms. The van der Waals surface area contributed by atoms with Gasteiger partial charge < -0.3 is 10.1 Å². The molecule has 3 nitrogen and oxygen atoms in total. The summed E-state index contributed by atoms with van der Waals surface area (Å²) in [6, 6.07) is 9.67. The molecule has 1 aromatic carbocycles. The second kappa shape index (κ2) is 7.31. The molecule has 0 saturated heterocycles. The number of amides is 1. The molecular formula is C14H21NO2S. The van der Waals surface area contributed by atoms with Crippen molar-refractivity contribution >= 4 is 17.9 Å². The number of carbonyl (C=O) groups excluding carboxylic acids is 1. The minimum Gasteiger partial charge on any atom is -0.445 e. The van der Waals surface area contributed by atoms with Crippen molar-refractivity contribution in [1.82, 2.24) is 5.32 Å². The van der Waals surface area contributed by atoms with Crippen molar-refractivity contribution < 1.29 is 9.53 Å². The van der Waals surface area contributed by atoms with Crippen LogP contribution >= 0.6 is 11.8 Å². The lowest BCUT2D eigenvalue weighted by molar-refractivity contribution is 0.131. The fraction of sp³-hybridized carbons (Fsp3) is 0.500. The number of ether oxygens (including phenoxy) is 1. The first kappa shape index (κ1) is 14.9. The third kappa shape index (κ3) is 5.96. The van der Waals surface area contributed by atoms with Gasteiger partial charge in [0.1, 0.15) is 6.61 Å². The monoisotopic (exact) mass is 267 g/mol. The Morgan fingerprint density at radius 3 is 2.61 bits per heavy atom. The van der Waals surface area contributed by atoms with Crippen molar-refractivity contribution in [1.29, 1.82) is 0 Å². The molecule has 0 unspecified atom stereocenters. The van der Waals surface area contributed by atoms with Crippen LogP contribution in [0.4, 0.5) is 4.79 Å². The molecule has 0 aliphatic rings. The van der Waals surface area contributed by atoms with Gasteiger partial charge in [-0.1, -0.05) is 37.3 Å². The van der Waals surface area contributed by atoms with Gasteiger partial charge in [-0.15, -0.1) is 0 Å². The maximum atomic E-state index is 11.7. The van der Waals surface area contributed by atoms with Crippen molar-refractivity contribution in [2.75, 3.05) is 11.5 Å². The summed E-state index contributed by atoms with van der Waals surface area (Å²) >= 11 is 1.80. The van der Waals surface area contributed by atoms with Gasteiger partial charge >= 0.3 is 6.09 Å². The fourth-order valence-electron chi connectivity index (χ4n) is 1.43. The third-order valence-corrected chi connectivity index (χ3v) is 3.65. The van der Waals surface area contributed by atoms with Gasteiger partial charge in [-0.3, -0.25) is 0 Å². The minimum atomic E-state index is -0.361. The lowest BCUT2D eigenvalue weighted by Crippen LogP contribution is -2.45. The average molecular weight is 267 g/mol. The van der Waals surface area contributed by atoms with Gasteiger partial charge in [0.2, 0.25) is 0 Å². The SMILES string of the molecule is CCSCC(C)(C)NC(=O)OCc1ccccc1. The molecule has 0 spiro atoms. The molecule has 1 N–H and O–H groups in total. The average Bonchev–Trinajstić information content (AvgIpc) is 2.35. The molecular weight excluding hydrogens is 246 g/mol. The largest absolute Gasteiger partial charge is 0.445 e. The van der Waals surface area contributed by atoms with E-state index in [9.17, 15) is 4.79 Å².